The van der Waals surface area contributed by atoms with Gasteiger partial charge >= 0.3 is 0 Å². The van der Waals surface area contributed by atoms with Gasteiger partial charge in [0.2, 0.25) is 5.88 Å². The van der Waals surface area contributed by atoms with Crippen molar-refractivity contribution in [2.75, 3.05) is 0 Å². The third-order valence-electron chi connectivity index (χ3n) is 2.09. The molecule has 2 N–H and O–H groups in total. The van der Waals surface area contributed by atoms with Crippen LogP contribution in [0.4, 0.5) is 8.78 Å². The monoisotopic (exact) mass is 266 g/mol. The molecule has 0 aliphatic rings. The molecule has 0 bridgehead atoms. The fourth-order valence-corrected chi connectivity index (χ4v) is 1.51. The SMILES string of the molecule is NC(=S)c1cccnc1Oc1cc(F)cc(F)c1. The van der Waals surface area contributed by atoms with E-state index < -0.39 is 11.6 Å². The van der Waals surface area contributed by atoms with Crippen LogP contribution < -0.4 is 10.5 Å². The summed E-state index contributed by atoms with van der Waals surface area (Å²) in [7, 11) is 0. The van der Waals surface area contributed by atoms with Gasteiger partial charge in [0.05, 0.1) is 5.56 Å². The number of benzene rings is 1. The summed E-state index contributed by atoms with van der Waals surface area (Å²) in [5, 5.41) is 0. The first-order chi connectivity index (χ1) is 8.56. The van der Waals surface area contributed by atoms with E-state index in [1.165, 1.54) is 6.20 Å². The van der Waals surface area contributed by atoms with Crippen LogP contribution in [-0.2, 0) is 0 Å². The van der Waals surface area contributed by atoms with Crippen molar-refractivity contribution >= 4 is 17.2 Å². The molecule has 1 heterocycles. The molecule has 0 aliphatic heterocycles. The van der Waals surface area contributed by atoms with Crippen molar-refractivity contribution < 1.29 is 13.5 Å². The Morgan fingerprint density at radius 2 is 1.89 bits per heavy atom. The smallest absolute Gasteiger partial charge is 0.229 e. The minimum absolute atomic E-state index is 0.0105. The zero-order valence-electron chi connectivity index (χ0n) is 9.06. The summed E-state index contributed by atoms with van der Waals surface area (Å²) in [5.74, 6) is -1.38. The van der Waals surface area contributed by atoms with Crippen LogP contribution in [0.3, 0.4) is 0 Å². The Morgan fingerprint density at radius 1 is 1.22 bits per heavy atom. The molecule has 0 aliphatic carbocycles. The average molecular weight is 266 g/mol. The molecule has 2 aromatic rings. The zero-order valence-corrected chi connectivity index (χ0v) is 9.88. The Hall–Kier alpha value is -2.08. The number of pyridine rings is 1. The van der Waals surface area contributed by atoms with Gasteiger partial charge in [0, 0.05) is 24.4 Å². The summed E-state index contributed by atoms with van der Waals surface area (Å²) in [6, 6.07) is 6.08. The van der Waals surface area contributed by atoms with Gasteiger partial charge in [-0.3, -0.25) is 0 Å². The number of nitrogens with two attached hydrogens (primary N) is 1. The maximum absolute atomic E-state index is 13.0. The predicted molar refractivity (Wildman–Crippen MR) is 66.6 cm³/mol. The number of nitrogens with zero attached hydrogens (tertiary/aromatic N) is 1. The molecule has 0 saturated heterocycles. The molecule has 0 radical (unpaired) electrons. The van der Waals surface area contributed by atoms with E-state index in [1.807, 2.05) is 0 Å². The minimum Gasteiger partial charge on any atom is -0.438 e. The van der Waals surface area contributed by atoms with Crippen LogP contribution in [0.25, 0.3) is 0 Å². The Labute approximate surface area is 107 Å². The van der Waals surface area contributed by atoms with Crippen molar-refractivity contribution in [1.29, 1.82) is 0 Å². The molecule has 0 spiro atoms. The molecule has 2 rings (SSSR count). The van der Waals surface area contributed by atoms with Crippen LogP contribution >= 0.6 is 12.2 Å². The number of hydrogen-bond acceptors (Lipinski definition) is 3. The Kier molecular flexibility index (Phi) is 3.47. The highest BCUT2D eigenvalue weighted by molar-refractivity contribution is 7.80. The molecular weight excluding hydrogens is 258 g/mol. The van der Waals surface area contributed by atoms with Crippen LogP contribution in [0.2, 0.25) is 0 Å². The van der Waals surface area contributed by atoms with Crippen LogP contribution in [0.1, 0.15) is 5.56 Å². The number of thiocarbonyl (C=S) groups is 1. The summed E-state index contributed by atoms with van der Waals surface area (Å²) in [6.07, 6.45) is 1.47. The third-order valence-corrected chi connectivity index (χ3v) is 2.31. The summed E-state index contributed by atoms with van der Waals surface area (Å²) < 4.78 is 31.3. The van der Waals surface area contributed by atoms with E-state index in [0.717, 1.165) is 18.2 Å². The van der Waals surface area contributed by atoms with Crippen molar-refractivity contribution in [2.24, 2.45) is 5.73 Å². The molecule has 3 nitrogen and oxygen atoms in total. The van der Waals surface area contributed by atoms with E-state index >= 15 is 0 Å². The largest absolute Gasteiger partial charge is 0.438 e. The van der Waals surface area contributed by atoms with Gasteiger partial charge in [0.25, 0.3) is 0 Å². The van der Waals surface area contributed by atoms with Gasteiger partial charge in [-0.2, -0.15) is 0 Å². The van der Waals surface area contributed by atoms with Gasteiger partial charge in [-0.1, -0.05) is 12.2 Å². The number of halogens is 2. The molecule has 1 aromatic carbocycles. The van der Waals surface area contributed by atoms with Crippen LogP contribution in [0.5, 0.6) is 11.6 Å². The first kappa shape index (κ1) is 12.4. The zero-order chi connectivity index (χ0) is 13.1. The Bertz CT molecular complexity index is 584. The minimum atomic E-state index is -0.738. The summed E-state index contributed by atoms with van der Waals surface area (Å²) in [6.45, 7) is 0. The summed E-state index contributed by atoms with van der Waals surface area (Å²) in [5.41, 5.74) is 5.89. The van der Waals surface area contributed by atoms with Crippen LogP contribution in [0, 0.1) is 11.6 Å². The van der Waals surface area contributed by atoms with E-state index in [2.05, 4.69) is 4.98 Å². The summed E-state index contributed by atoms with van der Waals surface area (Å²) in [4.78, 5) is 4.01. The fourth-order valence-electron chi connectivity index (χ4n) is 1.36. The van der Waals surface area contributed by atoms with Gasteiger partial charge in [-0.25, -0.2) is 13.8 Å². The van der Waals surface area contributed by atoms with Gasteiger partial charge in [0.15, 0.2) is 0 Å². The first-order valence-corrected chi connectivity index (χ1v) is 5.36. The lowest BCUT2D eigenvalue weighted by Crippen LogP contribution is -2.11. The van der Waals surface area contributed by atoms with Crippen molar-refractivity contribution in [3.05, 3.63) is 53.7 Å². The van der Waals surface area contributed by atoms with Crippen LogP contribution in [0.15, 0.2) is 36.5 Å². The van der Waals surface area contributed by atoms with Crippen molar-refractivity contribution in [1.82, 2.24) is 4.98 Å². The number of aromatic nitrogens is 1. The van der Waals surface area contributed by atoms with E-state index in [4.69, 9.17) is 22.7 Å². The van der Waals surface area contributed by atoms with E-state index in [1.54, 1.807) is 12.1 Å². The van der Waals surface area contributed by atoms with Crippen molar-refractivity contribution in [3.8, 4) is 11.6 Å². The molecule has 0 fully saturated rings. The van der Waals surface area contributed by atoms with Gasteiger partial charge < -0.3 is 10.5 Å². The van der Waals surface area contributed by atoms with Gasteiger partial charge in [0.1, 0.15) is 22.4 Å². The summed E-state index contributed by atoms with van der Waals surface area (Å²) >= 11 is 4.83. The number of hydrogen-bond donors (Lipinski definition) is 1. The second-order valence-corrected chi connectivity index (χ2v) is 3.87. The number of ether oxygens (including phenoxy) is 1. The van der Waals surface area contributed by atoms with E-state index in [0.29, 0.717) is 5.56 Å². The quantitative estimate of drug-likeness (QED) is 0.868. The predicted octanol–water partition coefficient (Wildman–Crippen LogP) is 2.79. The molecule has 92 valence electrons. The molecule has 18 heavy (non-hydrogen) atoms. The van der Waals surface area contributed by atoms with E-state index in [-0.39, 0.29) is 16.6 Å². The lowest BCUT2D eigenvalue weighted by atomic mass is 10.2. The molecular formula is C12H8F2N2OS. The molecule has 1 aromatic heterocycles. The molecule has 0 amide bonds. The van der Waals surface area contributed by atoms with Crippen molar-refractivity contribution in [2.45, 2.75) is 0 Å². The second kappa shape index (κ2) is 5.05. The maximum atomic E-state index is 13.0. The maximum Gasteiger partial charge on any atom is 0.229 e. The molecule has 0 atom stereocenters. The Morgan fingerprint density at radius 3 is 2.50 bits per heavy atom. The molecule has 0 saturated carbocycles. The van der Waals surface area contributed by atoms with Gasteiger partial charge in [-0.05, 0) is 12.1 Å². The Balaban J connectivity index is 2.37. The topological polar surface area (TPSA) is 48.1 Å². The molecule has 6 heteroatoms. The van der Waals surface area contributed by atoms with Crippen molar-refractivity contribution in [3.63, 3.8) is 0 Å². The number of rotatable bonds is 3. The molecule has 0 unspecified atom stereocenters. The normalized spacial score (nSPS) is 10.1. The highest BCUT2D eigenvalue weighted by Gasteiger charge is 2.09. The van der Waals surface area contributed by atoms with Gasteiger partial charge in [-0.15, -0.1) is 0 Å². The lowest BCUT2D eigenvalue weighted by molar-refractivity contribution is 0.450. The third kappa shape index (κ3) is 2.78. The highest BCUT2D eigenvalue weighted by atomic mass is 32.1. The first-order valence-electron chi connectivity index (χ1n) is 4.95. The second-order valence-electron chi connectivity index (χ2n) is 3.43. The lowest BCUT2D eigenvalue weighted by Gasteiger charge is -2.08. The van der Waals surface area contributed by atoms with Crippen LogP contribution in [-0.4, -0.2) is 9.97 Å². The highest BCUT2D eigenvalue weighted by Crippen LogP contribution is 2.24. The standard InChI is InChI=1S/C12H8F2N2OS/c13-7-4-8(14)6-9(5-7)17-12-10(11(15)18)2-1-3-16-12/h1-6H,(H2,15,18). The van der Waals surface area contributed by atoms with E-state index in [9.17, 15) is 8.78 Å². The fraction of sp³-hybridized carbons (Fsp3) is 0. The average Bonchev–Trinajstić information content (AvgIpc) is 2.27.